The number of rotatable bonds is 7. The van der Waals surface area contributed by atoms with Crippen molar-refractivity contribution in [1.82, 2.24) is 25.5 Å². The molecule has 1 heterocycles. The summed E-state index contributed by atoms with van der Waals surface area (Å²) in [4.78, 5) is 11.6. The monoisotopic (exact) mass is 403 g/mol. The van der Waals surface area contributed by atoms with E-state index in [1.165, 1.54) is 23.1 Å². The largest absolute Gasteiger partial charge is 0.504 e. The minimum atomic E-state index is -1.24. The highest BCUT2D eigenvalue weighted by atomic mass is 35.5. The molecule has 0 spiro atoms. The Morgan fingerprint density at radius 3 is 2.61 bits per heavy atom. The van der Waals surface area contributed by atoms with Crippen LogP contribution in [-0.4, -0.2) is 41.6 Å². The molecule has 0 fully saturated rings. The van der Waals surface area contributed by atoms with Gasteiger partial charge in [-0.3, -0.25) is 5.32 Å². The van der Waals surface area contributed by atoms with E-state index in [1.807, 2.05) is 6.07 Å². The quantitative estimate of drug-likeness (QED) is 0.445. The zero-order chi connectivity index (χ0) is 20.1. The maximum absolute atomic E-state index is 11.6. The summed E-state index contributed by atoms with van der Waals surface area (Å²) in [5.74, 6) is -0.474. The highest BCUT2D eigenvalue weighted by Crippen LogP contribution is 2.30. The lowest BCUT2D eigenvalue weighted by Crippen LogP contribution is -2.52. The number of aromatic hydroxyl groups is 2. The van der Waals surface area contributed by atoms with Crippen molar-refractivity contribution < 1.29 is 20.1 Å². The van der Waals surface area contributed by atoms with Crippen LogP contribution >= 0.6 is 11.6 Å². The van der Waals surface area contributed by atoms with Crippen molar-refractivity contribution in [3.8, 4) is 11.5 Å². The first-order valence-corrected chi connectivity index (χ1v) is 8.76. The van der Waals surface area contributed by atoms with Gasteiger partial charge in [-0.2, -0.15) is 0 Å². The maximum Gasteiger partial charge on any atom is 0.406 e. The van der Waals surface area contributed by atoms with Crippen LogP contribution in [0.3, 0.4) is 0 Å². The van der Waals surface area contributed by atoms with Crippen molar-refractivity contribution >= 4 is 17.7 Å². The number of phenolic OH excluding ortho intramolecular Hbond substituents is 2. The van der Waals surface area contributed by atoms with Crippen molar-refractivity contribution in [3.63, 3.8) is 0 Å². The van der Waals surface area contributed by atoms with Crippen molar-refractivity contribution in [2.45, 2.75) is 24.9 Å². The van der Waals surface area contributed by atoms with E-state index in [0.29, 0.717) is 17.0 Å². The predicted octanol–water partition coefficient (Wildman–Crippen LogP) is 2.53. The Labute approximate surface area is 165 Å². The van der Waals surface area contributed by atoms with Crippen LogP contribution in [0.15, 0.2) is 48.8 Å². The highest BCUT2D eigenvalue weighted by Gasteiger charge is 2.36. The number of hydrogen-bond acceptors (Lipinski definition) is 6. The molecule has 146 valence electrons. The Morgan fingerprint density at radius 2 is 1.96 bits per heavy atom. The van der Waals surface area contributed by atoms with Gasteiger partial charge in [-0.1, -0.05) is 35.9 Å². The minimum Gasteiger partial charge on any atom is -0.504 e. The molecular weight excluding hydrogens is 386 g/mol. The molecular formula is C18H18ClN5O4. The van der Waals surface area contributed by atoms with E-state index in [1.54, 1.807) is 24.3 Å². The van der Waals surface area contributed by atoms with Gasteiger partial charge in [-0.15, -0.1) is 5.10 Å². The molecule has 0 saturated carbocycles. The van der Waals surface area contributed by atoms with Gasteiger partial charge in [0.1, 0.15) is 12.0 Å². The van der Waals surface area contributed by atoms with E-state index in [9.17, 15) is 20.1 Å². The molecule has 10 heteroatoms. The van der Waals surface area contributed by atoms with Gasteiger partial charge in [0.2, 0.25) is 0 Å². The fourth-order valence-electron chi connectivity index (χ4n) is 3.04. The molecule has 0 saturated heterocycles. The number of aromatic nitrogens is 4. The summed E-state index contributed by atoms with van der Waals surface area (Å²) < 4.78 is 1.35. The minimum absolute atomic E-state index is 0.202. The fourth-order valence-corrected chi connectivity index (χ4v) is 3.24. The third kappa shape index (κ3) is 4.32. The number of tetrazole rings is 1. The van der Waals surface area contributed by atoms with E-state index in [-0.39, 0.29) is 24.3 Å². The van der Waals surface area contributed by atoms with Crippen LogP contribution in [0.4, 0.5) is 4.79 Å². The molecule has 1 atom stereocenters. The second-order valence-corrected chi connectivity index (χ2v) is 6.71. The van der Waals surface area contributed by atoms with Crippen LogP contribution < -0.4 is 5.32 Å². The fraction of sp³-hybridized carbons (Fsp3) is 0.222. The van der Waals surface area contributed by atoms with E-state index in [0.717, 1.165) is 5.56 Å². The molecule has 0 aliphatic carbocycles. The number of hydrogen-bond donors (Lipinski definition) is 4. The van der Waals surface area contributed by atoms with Crippen LogP contribution in [0.1, 0.15) is 17.5 Å². The van der Waals surface area contributed by atoms with Crippen LogP contribution in [0.5, 0.6) is 11.5 Å². The van der Waals surface area contributed by atoms with Gasteiger partial charge >= 0.3 is 6.09 Å². The third-order valence-electron chi connectivity index (χ3n) is 4.43. The van der Waals surface area contributed by atoms with Crippen molar-refractivity contribution in [2.24, 2.45) is 0 Å². The average molecular weight is 404 g/mol. The number of carboxylic acid groups (broad SMARTS) is 1. The number of nitrogens with zero attached hydrogens (tertiary/aromatic N) is 4. The van der Waals surface area contributed by atoms with Crippen LogP contribution in [0.2, 0.25) is 5.02 Å². The predicted molar refractivity (Wildman–Crippen MR) is 100 cm³/mol. The molecule has 0 bridgehead atoms. The first-order chi connectivity index (χ1) is 13.4. The summed E-state index contributed by atoms with van der Waals surface area (Å²) in [6, 6.07) is 11.6. The molecule has 4 N–H and O–H groups in total. The van der Waals surface area contributed by atoms with E-state index in [4.69, 9.17) is 11.6 Å². The topological polar surface area (TPSA) is 133 Å². The number of amides is 1. The van der Waals surface area contributed by atoms with Gasteiger partial charge in [0.05, 0.1) is 0 Å². The second-order valence-electron chi connectivity index (χ2n) is 6.31. The Morgan fingerprint density at radius 1 is 1.18 bits per heavy atom. The van der Waals surface area contributed by atoms with Gasteiger partial charge in [-0.05, 0) is 52.6 Å². The Kier molecular flexibility index (Phi) is 5.65. The van der Waals surface area contributed by atoms with Gasteiger partial charge in [0.25, 0.3) is 0 Å². The Hall–Kier alpha value is -3.33. The van der Waals surface area contributed by atoms with E-state index in [2.05, 4.69) is 20.8 Å². The van der Waals surface area contributed by atoms with Gasteiger partial charge < -0.3 is 15.3 Å². The summed E-state index contributed by atoms with van der Waals surface area (Å²) in [5.41, 5.74) is 0.217. The molecule has 0 radical (unpaired) electrons. The van der Waals surface area contributed by atoms with Gasteiger partial charge in [-0.25, -0.2) is 9.48 Å². The van der Waals surface area contributed by atoms with Crippen molar-refractivity contribution in [3.05, 3.63) is 64.9 Å². The lowest BCUT2D eigenvalue weighted by Gasteiger charge is -2.33. The molecule has 2 aromatic carbocycles. The summed E-state index contributed by atoms with van der Waals surface area (Å²) >= 11 is 6.29. The number of carbonyl (C=O) groups is 1. The number of nitrogens with one attached hydrogen (secondary N) is 1. The van der Waals surface area contributed by atoms with E-state index >= 15 is 0 Å². The molecule has 3 rings (SSSR count). The van der Waals surface area contributed by atoms with Crippen LogP contribution in [0.25, 0.3) is 0 Å². The van der Waals surface area contributed by atoms with Crippen LogP contribution in [0, 0.1) is 0 Å². The first-order valence-electron chi connectivity index (χ1n) is 8.38. The zero-order valence-electron chi connectivity index (χ0n) is 14.7. The van der Waals surface area contributed by atoms with Gasteiger partial charge in [0, 0.05) is 11.4 Å². The summed E-state index contributed by atoms with van der Waals surface area (Å²) in [6.45, 7) is 0. The number of aryl methyl sites for hydroxylation is 1. The third-order valence-corrected chi connectivity index (χ3v) is 4.80. The molecule has 0 aliphatic heterocycles. The van der Waals surface area contributed by atoms with E-state index < -0.39 is 11.8 Å². The van der Waals surface area contributed by atoms with Crippen LogP contribution in [-0.2, 0) is 18.5 Å². The lowest BCUT2D eigenvalue weighted by atomic mass is 9.92. The Balaban J connectivity index is 1.97. The summed E-state index contributed by atoms with van der Waals surface area (Å²) in [7, 11) is 0. The number of phenols is 2. The highest BCUT2D eigenvalue weighted by molar-refractivity contribution is 6.31. The van der Waals surface area contributed by atoms with Crippen molar-refractivity contribution in [1.29, 1.82) is 0 Å². The molecule has 1 amide bonds. The smallest absolute Gasteiger partial charge is 0.406 e. The van der Waals surface area contributed by atoms with Gasteiger partial charge in [0.15, 0.2) is 11.5 Å². The molecule has 9 nitrogen and oxygen atoms in total. The average Bonchev–Trinajstić information content (AvgIpc) is 3.19. The van der Waals surface area contributed by atoms with Crippen molar-refractivity contribution in [2.75, 3.05) is 0 Å². The molecule has 1 aromatic heterocycles. The Bertz CT molecular complexity index is 966. The molecule has 1 unspecified atom stereocenters. The number of benzene rings is 2. The molecule has 0 aliphatic rings. The molecule has 28 heavy (non-hydrogen) atoms. The standard InChI is InChI=1S/C18H18ClN5O4/c19-14-4-2-1-3-13(14)10-18(21-17(27)28,24-11-20-22-23-24)8-7-12-5-6-15(25)16(26)9-12/h1-6,9,11,21,25-26H,7-8,10H2,(H,27,28). The number of halogens is 1. The summed E-state index contributed by atoms with van der Waals surface area (Å²) in [6.07, 6.45) is 0.934. The maximum atomic E-state index is 11.6. The zero-order valence-corrected chi connectivity index (χ0v) is 15.4. The lowest BCUT2D eigenvalue weighted by molar-refractivity contribution is 0.135. The molecule has 3 aromatic rings. The normalized spacial score (nSPS) is 13.0. The first kappa shape index (κ1) is 19.4. The summed E-state index contributed by atoms with van der Waals surface area (Å²) in [5, 5.41) is 42.9. The second kappa shape index (κ2) is 8.13. The SMILES string of the molecule is O=C(O)NC(CCc1ccc(O)c(O)c1)(Cc1ccccc1Cl)n1cnnn1.